The first-order valence-corrected chi connectivity index (χ1v) is 6.97. The van der Waals surface area contributed by atoms with Crippen molar-refractivity contribution in [3.8, 4) is 0 Å². The van der Waals surface area contributed by atoms with E-state index in [1.54, 1.807) is 0 Å². The summed E-state index contributed by atoms with van der Waals surface area (Å²) in [6.07, 6.45) is 4.32. The molecule has 0 spiro atoms. The topological polar surface area (TPSA) is 55.8 Å². The molecule has 15 heavy (non-hydrogen) atoms. The minimum atomic E-state index is -3.72. The Morgan fingerprint density at radius 1 is 1.53 bits per heavy atom. The van der Waals surface area contributed by atoms with Gasteiger partial charge in [-0.2, -0.15) is 0 Å². The van der Waals surface area contributed by atoms with Crippen molar-refractivity contribution in [3.63, 3.8) is 0 Å². The van der Waals surface area contributed by atoms with Gasteiger partial charge in [-0.25, -0.2) is 4.89 Å². The molecule has 0 saturated heterocycles. The van der Waals surface area contributed by atoms with Gasteiger partial charge in [-0.3, -0.25) is 4.57 Å². The van der Waals surface area contributed by atoms with Crippen LogP contribution < -0.4 is 0 Å². The summed E-state index contributed by atoms with van der Waals surface area (Å²) >= 11 is 0. The van der Waals surface area contributed by atoms with Gasteiger partial charge in [0.15, 0.2) is 0 Å². The Hall–Kier alpha value is -0.150. The second kappa shape index (κ2) is 8.05. The van der Waals surface area contributed by atoms with Gasteiger partial charge in [0.2, 0.25) is 0 Å². The zero-order valence-electron chi connectivity index (χ0n) is 9.52. The van der Waals surface area contributed by atoms with E-state index in [9.17, 15) is 4.57 Å². The fraction of sp³-hybridized carbons (Fsp3) is 0.800. The summed E-state index contributed by atoms with van der Waals surface area (Å²) < 4.78 is 15.3. The standard InChI is InChI=1S/C10H21O4P/c1-4-7-8-10(5-2)9-13-14-15(11,12)6-3/h6,10H,3-5,7-9H2,1-2H3,(H,11,12). The van der Waals surface area contributed by atoms with E-state index in [1.165, 1.54) is 0 Å². The van der Waals surface area contributed by atoms with Crippen molar-refractivity contribution in [1.82, 2.24) is 0 Å². The third kappa shape index (κ3) is 7.74. The van der Waals surface area contributed by atoms with Crippen molar-refractivity contribution in [2.45, 2.75) is 39.5 Å². The summed E-state index contributed by atoms with van der Waals surface area (Å²) in [7, 11) is -3.72. The van der Waals surface area contributed by atoms with Gasteiger partial charge in [-0.15, -0.1) is 4.67 Å². The molecule has 1 N–H and O–H groups in total. The van der Waals surface area contributed by atoms with Crippen LogP contribution in [0.3, 0.4) is 0 Å². The zero-order chi connectivity index (χ0) is 11.7. The Labute approximate surface area is 91.7 Å². The smallest absolute Gasteiger partial charge is 0.320 e. The summed E-state index contributed by atoms with van der Waals surface area (Å²) in [6.45, 7) is 7.73. The molecule has 0 fully saturated rings. The van der Waals surface area contributed by atoms with Crippen LogP contribution in [0.5, 0.6) is 0 Å². The van der Waals surface area contributed by atoms with Crippen LogP contribution in [-0.4, -0.2) is 11.5 Å². The molecule has 2 atom stereocenters. The van der Waals surface area contributed by atoms with E-state index in [0.29, 0.717) is 12.5 Å². The highest BCUT2D eigenvalue weighted by Crippen LogP contribution is 2.43. The lowest BCUT2D eigenvalue weighted by molar-refractivity contribution is -0.221. The number of hydrogen-bond acceptors (Lipinski definition) is 3. The molecule has 0 saturated carbocycles. The monoisotopic (exact) mass is 236 g/mol. The van der Waals surface area contributed by atoms with Gasteiger partial charge in [0, 0.05) is 5.82 Å². The summed E-state index contributed by atoms with van der Waals surface area (Å²) in [6, 6.07) is 0. The van der Waals surface area contributed by atoms with Crippen molar-refractivity contribution in [3.05, 3.63) is 12.4 Å². The number of hydrogen-bond donors (Lipinski definition) is 1. The third-order valence-electron chi connectivity index (χ3n) is 2.24. The van der Waals surface area contributed by atoms with E-state index in [-0.39, 0.29) is 0 Å². The molecule has 0 heterocycles. The minimum absolute atomic E-state index is 0.356. The lowest BCUT2D eigenvalue weighted by Crippen LogP contribution is -2.08. The Bertz CT molecular complexity index is 217. The van der Waals surface area contributed by atoms with Crippen LogP contribution >= 0.6 is 7.60 Å². The maximum absolute atomic E-state index is 11.0. The highest BCUT2D eigenvalue weighted by molar-refractivity contribution is 7.56. The molecule has 0 radical (unpaired) electrons. The van der Waals surface area contributed by atoms with Crippen molar-refractivity contribution in [2.24, 2.45) is 5.92 Å². The van der Waals surface area contributed by atoms with E-state index in [0.717, 1.165) is 31.5 Å². The molecule has 0 aromatic heterocycles. The lowest BCUT2D eigenvalue weighted by atomic mass is 10.0. The summed E-state index contributed by atoms with van der Waals surface area (Å²) in [5, 5.41) is 0. The van der Waals surface area contributed by atoms with E-state index < -0.39 is 7.60 Å². The number of unbranched alkanes of at least 4 members (excludes halogenated alkanes) is 1. The predicted molar refractivity (Wildman–Crippen MR) is 60.4 cm³/mol. The molecule has 0 aromatic carbocycles. The predicted octanol–water partition coefficient (Wildman–Crippen LogP) is 3.48. The molecule has 4 nitrogen and oxygen atoms in total. The van der Waals surface area contributed by atoms with Crippen molar-refractivity contribution in [2.75, 3.05) is 6.61 Å². The van der Waals surface area contributed by atoms with Gasteiger partial charge in [-0.1, -0.05) is 39.7 Å². The van der Waals surface area contributed by atoms with Crippen LogP contribution in [0.4, 0.5) is 0 Å². The number of rotatable bonds is 9. The van der Waals surface area contributed by atoms with E-state index >= 15 is 0 Å². The Kier molecular flexibility index (Phi) is 7.97. The van der Waals surface area contributed by atoms with Gasteiger partial charge < -0.3 is 4.89 Å². The Balaban J connectivity index is 3.71. The SMILES string of the molecule is C=CP(=O)(O)OOCC(CC)CCCC. The molecule has 0 aromatic rings. The molecule has 0 aliphatic rings. The Morgan fingerprint density at radius 3 is 2.67 bits per heavy atom. The normalized spacial score (nSPS) is 17.0. The molecule has 0 amide bonds. The van der Waals surface area contributed by atoms with Gasteiger partial charge in [0.1, 0.15) is 0 Å². The maximum Gasteiger partial charge on any atom is 0.378 e. The van der Waals surface area contributed by atoms with Gasteiger partial charge in [0.25, 0.3) is 0 Å². The van der Waals surface area contributed by atoms with Gasteiger partial charge in [-0.05, 0) is 12.3 Å². The molecule has 0 aliphatic heterocycles. The molecule has 0 aliphatic carbocycles. The average Bonchev–Trinajstić information content (AvgIpc) is 2.23. The first-order chi connectivity index (χ1) is 7.05. The van der Waals surface area contributed by atoms with Crippen LogP contribution in [-0.2, 0) is 14.1 Å². The maximum atomic E-state index is 11.0. The molecule has 0 rings (SSSR count). The van der Waals surface area contributed by atoms with E-state index in [1.807, 2.05) is 0 Å². The molecule has 90 valence electrons. The summed E-state index contributed by atoms with van der Waals surface area (Å²) in [5.74, 6) is 1.25. The van der Waals surface area contributed by atoms with Crippen LogP contribution in [0, 0.1) is 5.92 Å². The second-order valence-electron chi connectivity index (χ2n) is 3.52. The molecular weight excluding hydrogens is 215 g/mol. The fourth-order valence-corrected chi connectivity index (χ4v) is 1.40. The van der Waals surface area contributed by atoms with E-state index in [2.05, 4.69) is 25.1 Å². The molecule has 5 heteroatoms. The lowest BCUT2D eigenvalue weighted by Gasteiger charge is -2.14. The first kappa shape index (κ1) is 14.8. The zero-order valence-corrected chi connectivity index (χ0v) is 10.4. The van der Waals surface area contributed by atoms with Gasteiger partial charge in [0.05, 0.1) is 6.61 Å². The van der Waals surface area contributed by atoms with Crippen molar-refractivity contribution >= 4 is 7.60 Å². The average molecular weight is 236 g/mol. The van der Waals surface area contributed by atoms with Crippen LogP contribution in [0.2, 0.25) is 0 Å². The van der Waals surface area contributed by atoms with E-state index in [4.69, 9.17) is 9.78 Å². The van der Waals surface area contributed by atoms with Crippen LogP contribution in [0.25, 0.3) is 0 Å². The summed E-state index contributed by atoms with van der Waals surface area (Å²) in [4.78, 5) is 13.7. The van der Waals surface area contributed by atoms with Crippen molar-refractivity contribution < 1.29 is 19.0 Å². The second-order valence-corrected chi connectivity index (χ2v) is 5.16. The molecule has 0 bridgehead atoms. The van der Waals surface area contributed by atoms with Crippen molar-refractivity contribution in [1.29, 1.82) is 0 Å². The van der Waals surface area contributed by atoms with Gasteiger partial charge >= 0.3 is 7.60 Å². The minimum Gasteiger partial charge on any atom is -0.320 e. The largest absolute Gasteiger partial charge is 0.378 e. The van der Waals surface area contributed by atoms with Crippen LogP contribution in [0.15, 0.2) is 12.4 Å². The quantitative estimate of drug-likeness (QED) is 0.378. The Morgan fingerprint density at radius 2 is 2.20 bits per heavy atom. The van der Waals surface area contributed by atoms with Crippen LogP contribution in [0.1, 0.15) is 39.5 Å². The fourth-order valence-electron chi connectivity index (χ4n) is 1.13. The first-order valence-electron chi connectivity index (χ1n) is 5.33. The summed E-state index contributed by atoms with van der Waals surface area (Å²) in [5.41, 5.74) is 0. The third-order valence-corrected chi connectivity index (χ3v) is 3.02. The molecular formula is C10H21O4P. The highest BCUT2D eigenvalue weighted by atomic mass is 31.2. The highest BCUT2D eigenvalue weighted by Gasteiger charge is 2.16. The molecule has 2 unspecified atom stereocenters.